The molecule has 0 atom stereocenters. The molecule has 0 fully saturated rings. The van der Waals surface area contributed by atoms with Crippen LogP contribution in [0.4, 0.5) is 0 Å². The van der Waals surface area contributed by atoms with Crippen molar-refractivity contribution in [2.45, 2.75) is 13.8 Å². The molecule has 0 N–H and O–H groups in total. The second kappa shape index (κ2) is 5.65. The van der Waals surface area contributed by atoms with Gasteiger partial charge in [0.15, 0.2) is 0 Å². The van der Waals surface area contributed by atoms with E-state index in [4.69, 9.17) is 4.74 Å². The summed E-state index contributed by atoms with van der Waals surface area (Å²) < 4.78 is 5.35. The number of thiophene rings is 1. The van der Waals surface area contributed by atoms with Gasteiger partial charge >= 0.3 is 5.97 Å². The van der Waals surface area contributed by atoms with Gasteiger partial charge in [-0.2, -0.15) is 0 Å². The van der Waals surface area contributed by atoms with Crippen molar-refractivity contribution in [1.29, 1.82) is 0 Å². The third-order valence-electron chi connectivity index (χ3n) is 2.54. The minimum atomic E-state index is -0.346. The maximum absolute atomic E-state index is 11.7. The molecule has 2 rings (SSSR count). The smallest absolute Gasteiger partial charge is 0.336 e. The summed E-state index contributed by atoms with van der Waals surface area (Å²) in [4.78, 5) is 12.7. The molecule has 2 aromatic rings. The van der Waals surface area contributed by atoms with Gasteiger partial charge in [-0.1, -0.05) is 24.3 Å². The Bertz CT molecular complexity index is 548. The number of carbonyl (C=O) groups is 1. The predicted octanol–water partition coefficient (Wildman–Crippen LogP) is 3.98. The van der Waals surface area contributed by atoms with E-state index in [1.807, 2.05) is 49.6 Å². The lowest BCUT2D eigenvalue weighted by Gasteiger charge is -2.08. The molecule has 1 aromatic carbocycles. The van der Waals surface area contributed by atoms with Gasteiger partial charge < -0.3 is 4.74 Å². The van der Waals surface area contributed by atoms with Gasteiger partial charge in [0, 0.05) is 11.0 Å². The third kappa shape index (κ3) is 3.08. The van der Waals surface area contributed by atoms with E-state index in [0.29, 0.717) is 5.75 Å². The van der Waals surface area contributed by atoms with Crippen LogP contribution >= 0.6 is 11.3 Å². The Morgan fingerprint density at radius 1 is 1.17 bits per heavy atom. The predicted molar refractivity (Wildman–Crippen MR) is 74.9 cm³/mol. The number of para-hydroxylation sites is 1. The fourth-order valence-corrected chi connectivity index (χ4v) is 2.25. The van der Waals surface area contributed by atoms with Crippen LogP contribution in [0.15, 0.2) is 41.8 Å². The van der Waals surface area contributed by atoms with Gasteiger partial charge in [0.25, 0.3) is 0 Å². The van der Waals surface area contributed by atoms with Gasteiger partial charge in [0.05, 0.1) is 0 Å². The van der Waals surface area contributed by atoms with Gasteiger partial charge in [-0.05, 0) is 42.5 Å². The van der Waals surface area contributed by atoms with Crippen LogP contribution in [0, 0.1) is 13.8 Å². The molecule has 0 aliphatic carbocycles. The second-order valence-corrected chi connectivity index (χ2v) is 4.97. The maximum Gasteiger partial charge on any atom is 0.336 e. The van der Waals surface area contributed by atoms with Crippen molar-refractivity contribution in [1.82, 2.24) is 0 Å². The Morgan fingerprint density at radius 2 is 1.89 bits per heavy atom. The lowest BCUT2D eigenvalue weighted by atomic mass is 10.1. The van der Waals surface area contributed by atoms with E-state index in [-0.39, 0.29) is 5.97 Å². The molecule has 18 heavy (non-hydrogen) atoms. The second-order valence-electron chi connectivity index (χ2n) is 3.99. The highest BCUT2D eigenvalue weighted by atomic mass is 32.1. The molecule has 2 nitrogen and oxygen atoms in total. The zero-order valence-electron chi connectivity index (χ0n) is 10.3. The minimum absolute atomic E-state index is 0.346. The van der Waals surface area contributed by atoms with Crippen LogP contribution in [0.5, 0.6) is 5.75 Å². The highest BCUT2D eigenvalue weighted by Gasteiger charge is 2.06. The summed E-state index contributed by atoms with van der Waals surface area (Å²) in [7, 11) is 0. The summed E-state index contributed by atoms with van der Waals surface area (Å²) in [5.41, 5.74) is 1.93. The summed E-state index contributed by atoms with van der Waals surface area (Å²) in [6.07, 6.45) is 3.22. The van der Waals surface area contributed by atoms with Crippen molar-refractivity contribution in [2.24, 2.45) is 0 Å². The molecule has 0 aliphatic heterocycles. The topological polar surface area (TPSA) is 26.3 Å². The van der Waals surface area contributed by atoms with E-state index in [9.17, 15) is 4.79 Å². The largest absolute Gasteiger partial charge is 0.423 e. The fourth-order valence-electron chi connectivity index (χ4n) is 1.63. The van der Waals surface area contributed by atoms with Crippen LogP contribution < -0.4 is 4.74 Å². The Hall–Kier alpha value is -1.87. The van der Waals surface area contributed by atoms with Gasteiger partial charge in [0.2, 0.25) is 0 Å². The van der Waals surface area contributed by atoms with Gasteiger partial charge in [-0.3, -0.25) is 0 Å². The SMILES string of the molecule is Cc1cccc(C)c1OC(=O)C=Cc1cccs1. The molecule has 1 heterocycles. The number of carbonyl (C=O) groups excluding carboxylic acids is 1. The summed E-state index contributed by atoms with van der Waals surface area (Å²) in [6.45, 7) is 3.86. The first-order valence-corrected chi connectivity index (χ1v) is 6.54. The minimum Gasteiger partial charge on any atom is -0.423 e. The number of aryl methyl sites for hydroxylation is 2. The molecule has 0 aliphatic rings. The lowest BCUT2D eigenvalue weighted by Crippen LogP contribution is -2.06. The van der Waals surface area contributed by atoms with E-state index in [1.54, 1.807) is 17.4 Å². The van der Waals surface area contributed by atoms with E-state index in [0.717, 1.165) is 16.0 Å². The van der Waals surface area contributed by atoms with Crippen LogP contribution in [-0.4, -0.2) is 5.97 Å². The zero-order chi connectivity index (χ0) is 13.0. The van der Waals surface area contributed by atoms with Crippen LogP contribution in [0.1, 0.15) is 16.0 Å². The molecular formula is C15H14O2S. The van der Waals surface area contributed by atoms with Crippen LogP contribution in [0.3, 0.4) is 0 Å². The molecule has 0 saturated carbocycles. The van der Waals surface area contributed by atoms with Crippen molar-refractivity contribution in [2.75, 3.05) is 0 Å². The van der Waals surface area contributed by atoms with E-state index in [2.05, 4.69) is 0 Å². The fraction of sp³-hybridized carbons (Fsp3) is 0.133. The van der Waals surface area contributed by atoms with E-state index < -0.39 is 0 Å². The summed E-state index contributed by atoms with van der Waals surface area (Å²) in [5.74, 6) is 0.305. The Labute approximate surface area is 111 Å². The van der Waals surface area contributed by atoms with Gasteiger partial charge in [-0.25, -0.2) is 4.79 Å². The first-order valence-electron chi connectivity index (χ1n) is 5.66. The molecule has 0 saturated heterocycles. The Balaban J connectivity index is 2.08. The van der Waals surface area contributed by atoms with Crippen LogP contribution in [0.25, 0.3) is 6.08 Å². The summed E-state index contributed by atoms with van der Waals surface area (Å²) in [5, 5.41) is 1.97. The van der Waals surface area contributed by atoms with Crippen molar-refractivity contribution >= 4 is 23.4 Å². The first-order chi connectivity index (χ1) is 8.66. The Morgan fingerprint density at radius 3 is 2.50 bits per heavy atom. The molecule has 0 spiro atoms. The molecule has 3 heteroatoms. The molecule has 1 aromatic heterocycles. The van der Waals surface area contributed by atoms with Crippen molar-refractivity contribution in [3.05, 3.63) is 57.8 Å². The standard InChI is InChI=1S/C15H14O2S/c1-11-5-3-6-12(2)15(11)17-14(16)9-8-13-7-4-10-18-13/h3-10H,1-2H3. The quantitative estimate of drug-likeness (QED) is 0.473. The highest BCUT2D eigenvalue weighted by molar-refractivity contribution is 7.10. The number of hydrogen-bond acceptors (Lipinski definition) is 3. The molecule has 0 amide bonds. The average molecular weight is 258 g/mol. The van der Waals surface area contributed by atoms with E-state index in [1.165, 1.54) is 6.08 Å². The highest BCUT2D eigenvalue weighted by Crippen LogP contribution is 2.22. The first kappa shape index (κ1) is 12.6. The molecular weight excluding hydrogens is 244 g/mol. The van der Waals surface area contributed by atoms with E-state index >= 15 is 0 Å². The number of hydrogen-bond donors (Lipinski definition) is 0. The van der Waals surface area contributed by atoms with Crippen molar-refractivity contribution in [3.63, 3.8) is 0 Å². The molecule has 92 valence electrons. The zero-order valence-corrected chi connectivity index (χ0v) is 11.2. The number of ether oxygens (including phenoxy) is 1. The van der Waals surface area contributed by atoms with Gasteiger partial charge in [-0.15, -0.1) is 11.3 Å². The molecule has 0 radical (unpaired) electrons. The number of benzene rings is 1. The monoisotopic (exact) mass is 258 g/mol. The van der Waals surface area contributed by atoms with Crippen molar-refractivity contribution < 1.29 is 9.53 Å². The summed E-state index contributed by atoms with van der Waals surface area (Å²) >= 11 is 1.58. The van der Waals surface area contributed by atoms with Crippen LogP contribution in [0.2, 0.25) is 0 Å². The number of rotatable bonds is 3. The maximum atomic E-state index is 11.7. The van der Waals surface area contributed by atoms with Crippen LogP contribution in [-0.2, 0) is 4.79 Å². The molecule has 0 unspecified atom stereocenters. The molecule has 0 bridgehead atoms. The third-order valence-corrected chi connectivity index (χ3v) is 3.38. The lowest BCUT2D eigenvalue weighted by molar-refractivity contribution is -0.129. The van der Waals surface area contributed by atoms with Crippen molar-refractivity contribution in [3.8, 4) is 5.75 Å². The normalized spacial score (nSPS) is 10.8. The Kier molecular flexibility index (Phi) is 3.95. The van der Waals surface area contributed by atoms with Gasteiger partial charge in [0.1, 0.15) is 5.75 Å². The summed E-state index contributed by atoms with van der Waals surface area (Å²) in [6, 6.07) is 9.70. The average Bonchev–Trinajstić information content (AvgIpc) is 2.84. The number of esters is 1.